The van der Waals surface area contributed by atoms with E-state index in [1.54, 1.807) is 24.3 Å². The lowest BCUT2D eigenvalue weighted by molar-refractivity contribution is 0.234. The summed E-state index contributed by atoms with van der Waals surface area (Å²) >= 11 is 0. The number of hydroxylamine groups is 1. The van der Waals surface area contributed by atoms with Gasteiger partial charge in [0.05, 0.1) is 18.0 Å². The maximum absolute atomic E-state index is 8.79. The average Bonchev–Trinajstić information content (AvgIpc) is 2.74. The van der Waals surface area contributed by atoms with Crippen LogP contribution in [-0.2, 0) is 6.61 Å². The van der Waals surface area contributed by atoms with Gasteiger partial charge < -0.3 is 9.47 Å². The number of nitrogens with zero attached hydrogens (tertiary/aromatic N) is 1. The molecule has 0 unspecified atom stereocenters. The van der Waals surface area contributed by atoms with Crippen molar-refractivity contribution in [2.24, 2.45) is 0 Å². The van der Waals surface area contributed by atoms with E-state index in [1.807, 2.05) is 60.9 Å². The van der Waals surface area contributed by atoms with E-state index in [-0.39, 0.29) is 5.84 Å². The zero-order chi connectivity index (χ0) is 19.8. The molecule has 0 aliphatic rings. The molecule has 0 aliphatic carbocycles. The lowest BCUT2D eigenvalue weighted by atomic mass is 10.2. The second-order valence-corrected chi connectivity index (χ2v) is 5.98. The van der Waals surface area contributed by atoms with Gasteiger partial charge in [-0.3, -0.25) is 16.1 Å². The van der Waals surface area contributed by atoms with Crippen molar-refractivity contribution in [2.75, 3.05) is 6.61 Å². The quantitative estimate of drug-likeness (QED) is 0.306. The van der Waals surface area contributed by atoms with Crippen LogP contribution in [0.25, 0.3) is 0 Å². The molecule has 3 N–H and O–H groups in total. The van der Waals surface area contributed by atoms with Crippen LogP contribution in [0.4, 0.5) is 11.4 Å². The second kappa shape index (κ2) is 9.43. The van der Waals surface area contributed by atoms with Crippen molar-refractivity contribution in [3.8, 4) is 11.5 Å². The number of hydrogen-bond acceptors (Lipinski definition) is 4. The highest BCUT2D eigenvalue weighted by Gasteiger charge is 2.09. The Kier molecular flexibility index (Phi) is 6.49. The molecule has 0 aliphatic heterocycles. The molecular weight excluding hydrogens is 354 g/mol. The first-order valence-electron chi connectivity index (χ1n) is 8.94. The summed E-state index contributed by atoms with van der Waals surface area (Å²) in [5.41, 5.74) is 4.95. The maximum Gasteiger partial charge on any atom is 0.163 e. The molecule has 6 heteroatoms. The van der Waals surface area contributed by atoms with E-state index in [0.717, 1.165) is 16.9 Å². The summed E-state index contributed by atoms with van der Waals surface area (Å²) in [5.74, 6) is 1.25. The highest BCUT2D eigenvalue weighted by Crippen LogP contribution is 2.32. The molecule has 0 aromatic heterocycles. The van der Waals surface area contributed by atoms with Crippen LogP contribution < -0.4 is 20.3 Å². The van der Waals surface area contributed by atoms with E-state index in [0.29, 0.717) is 30.3 Å². The largest absolute Gasteiger partial charge is 0.490 e. The Morgan fingerprint density at radius 3 is 2.32 bits per heavy atom. The van der Waals surface area contributed by atoms with Crippen molar-refractivity contribution in [1.29, 1.82) is 5.41 Å². The van der Waals surface area contributed by atoms with Crippen LogP contribution in [0.2, 0.25) is 0 Å². The predicted octanol–water partition coefficient (Wildman–Crippen LogP) is 4.54. The van der Waals surface area contributed by atoms with E-state index in [1.165, 1.54) is 0 Å². The first kappa shape index (κ1) is 19.3. The molecule has 0 atom stereocenters. The van der Waals surface area contributed by atoms with Crippen molar-refractivity contribution in [1.82, 2.24) is 10.8 Å². The predicted molar refractivity (Wildman–Crippen MR) is 108 cm³/mol. The average molecular weight is 376 g/mol. The summed E-state index contributed by atoms with van der Waals surface area (Å²) < 4.78 is 11.6. The van der Waals surface area contributed by atoms with Gasteiger partial charge in [-0.05, 0) is 48.9 Å². The van der Waals surface area contributed by atoms with Gasteiger partial charge >= 0.3 is 0 Å². The zero-order valence-corrected chi connectivity index (χ0v) is 15.6. The van der Waals surface area contributed by atoms with Gasteiger partial charge in [-0.2, -0.15) is 0 Å². The Labute approximate surface area is 164 Å². The van der Waals surface area contributed by atoms with Crippen LogP contribution >= 0.6 is 0 Å². The summed E-state index contributed by atoms with van der Waals surface area (Å²) in [6, 6.07) is 22.5. The van der Waals surface area contributed by atoms with Gasteiger partial charge in [-0.25, -0.2) is 5.32 Å². The molecule has 0 fully saturated rings. The van der Waals surface area contributed by atoms with Crippen molar-refractivity contribution in [3.63, 3.8) is 0 Å². The molecule has 0 amide bonds. The van der Waals surface area contributed by atoms with Crippen molar-refractivity contribution >= 4 is 17.2 Å². The number of rotatable bonds is 8. The standard InChI is InChI=1S/C22H22N3O3/c1-2-27-21-14-19(24-18-10-8-17(9-11-18)22(23)25-26)12-13-20(21)28-15-16-6-4-3-5-7-16/h3-14,26H,2,15H2,1H3,(H2,23,25). The summed E-state index contributed by atoms with van der Waals surface area (Å²) in [6.45, 7) is 2.91. The van der Waals surface area contributed by atoms with Gasteiger partial charge in [0.2, 0.25) is 0 Å². The number of benzene rings is 3. The Morgan fingerprint density at radius 1 is 0.929 bits per heavy atom. The zero-order valence-electron chi connectivity index (χ0n) is 15.6. The van der Waals surface area contributed by atoms with Gasteiger partial charge in [0, 0.05) is 11.6 Å². The fourth-order valence-corrected chi connectivity index (χ4v) is 2.61. The van der Waals surface area contributed by atoms with E-state index >= 15 is 0 Å². The normalized spacial score (nSPS) is 10.2. The van der Waals surface area contributed by atoms with Crippen LogP contribution in [0, 0.1) is 5.41 Å². The van der Waals surface area contributed by atoms with Crippen LogP contribution in [0.1, 0.15) is 18.1 Å². The minimum Gasteiger partial charge on any atom is -0.490 e. The molecule has 3 aromatic rings. The Morgan fingerprint density at radius 2 is 1.64 bits per heavy atom. The molecule has 6 nitrogen and oxygen atoms in total. The molecule has 0 heterocycles. The first-order valence-corrected chi connectivity index (χ1v) is 8.94. The van der Waals surface area contributed by atoms with Gasteiger partial charge in [-0.1, -0.05) is 30.3 Å². The molecule has 28 heavy (non-hydrogen) atoms. The molecule has 0 saturated carbocycles. The third-order valence-electron chi connectivity index (χ3n) is 3.99. The smallest absolute Gasteiger partial charge is 0.163 e. The van der Waals surface area contributed by atoms with Gasteiger partial charge in [-0.15, -0.1) is 0 Å². The Balaban J connectivity index is 1.71. The maximum atomic E-state index is 8.79. The third kappa shape index (κ3) is 5.02. The highest BCUT2D eigenvalue weighted by atomic mass is 16.5. The highest BCUT2D eigenvalue weighted by molar-refractivity contribution is 5.95. The molecule has 3 rings (SSSR count). The molecular formula is C22H22N3O3. The molecule has 3 aromatic carbocycles. The van der Waals surface area contributed by atoms with E-state index < -0.39 is 0 Å². The minimum absolute atomic E-state index is 0.0647. The Bertz CT molecular complexity index is 912. The number of nitrogens with one attached hydrogen (secondary N) is 2. The molecule has 1 radical (unpaired) electrons. The fourth-order valence-electron chi connectivity index (χ4n) is 2.61. The van der Waals surface area contributed by atoms with E-state index in [2.05, 4.69) is 5.32 Å². The van der Waals surface area contributed by atoms with Crippen LogP contribution in [0.15, 0.2) is 72.8 Å². The molecule has 0 bridgehead atoms. The van der Waals surface area contributed by atoms with Gasteiger partial charge in [0.15, 0.2) is 11.5 Å². The summed E-state index contributed by atoms with van der Waals surface area (Å²) in [6.07, 6.45) is 0. The van der Waals surface area contributed by atoms with E-state index in [4.69, 9.17) is 20.1 Å². The number of hydrogen-bond donors (Lipinski definition) is 3. The van der Waals surface area contributed by atoms with Crippen molar-refractivity contribution in [2.45, 2.75) is 13.5 Å². The van der Waals surface area contributed by atoms with Crippen molar-refractivity contribution < 1.29 is 14.7 Å². The van der Waals surface area contributed by atoms with Crippen LogP contribution in [0.3, 0.4) is 0 Å². The van der Waals surface area contributed by atoms with Crippen LogP contribution in [0.5, 0.6) is 11.5 Å². The van der Waals surface area contributed by atoms with Crippen LogP contribution in [-0.4, -0.2) is 17.6 Å². The molecule has 0 spiro atoms. The summed E-state index contributed by atoms with van der Waals surface area (Å²) in [4.78, 5) is 0. The van der Waals surface area contributed by atoms with E-state index in [9.17, 15) is 0 Å². The number of ether oxygens (including phenoxy) is 2. The topological polar surface area (TPSA) is 88.7 Å². The fraction of sp³-hybridized carbons (Fsp3) is 0.136. The molecule has 143 valence electrons. The SMILES string of the molecule is CCOc1cc([N]c2ccc(C(=N)NO)cc2)ccc1OCc1ccccc1. The number of amidine groups is 1. The Hall–Kier alpha value is -3.51. The van der Waals surface area contributed by atoms with Gasteiger partial charge in [0.25, 0.3) is 0 Å². The monoisotopic (exact) mass is 376 g/mol. The lowest BCUT2D eigenvalue weighted by Gasteiger charge is -2.13. The third-order valence-corrected chi connectivity index (χ3v) is 3.99. The van der Waals surface area contributed by atoms with Gasteiger partial charge in [0.1, 0.15) is 12.4 Å². The summed E-state index contributed by atoms with van der Waals surface area (Å²) in [7, 11) is 0. The van der Waals surface area contributed by atoms with Crippen molar-refractivity contribution in [3.05, 3.63) is 83.9 Å². The second-order valence-electron chi connectivity index (χ2n) is 5.98. The lowest BCUT2D eigenvalue weighted by Crippen LogP contribution is -2.18. The molecule has 0 saturated heterocycles. The summed E-state index contributed by atoms with van der Waals surface area (Å²) in [5, 5.41) is 20.9. The first-order chi connectivity index (χ1) is 13.7. The minimum atomic E-state index is -0.0647.